The number of aromatic nitrogens is 2. The van der Waals surface area contributed by atoms with Crippen molar-refractivity contribution < 1.29 is 9.72 Å². The second-order valence-electron chi connectivity index (χ2n) is 3.73. The van der Waals surface area contributed by atoms with Crippen LogP contribution in [0.4, 0.5) is 16.5 Å². The third kappa shape index (κ3) is 2.87. The molecule has 1 amide bonds. The van der Waals surface area contributed by atoms with Gasteiger partial charge in [-0.3, -0.25) is 26.1 Å². The minimum Gasteiger partial charge on any atom is -0.318 e. The number of hydrogen-bond acceptors (Lipinski definition) is 8. The van der Waals surface area contributed by atoms with Gasteiger partial charge in [-0.25, -0.2) is 4.98 Å². The van der Waals surface area contributed by atoms with Crippen molar-refractivity contribution >= 4 is 33.9 Å². The maximum Gasteiger partial charge on any atom is 0.293 e. The molecule has 0 saturated heterocycles. The topological polar surface area (TPSA) is 136 Å². The molecule has 2 aromatic rings. The Morgan fingerprint density at radius 3 is 2.80 bits per heavy atom. The van der Waals surface area contributed by atoms with Crippen molar-refractivity contribution in [2.24, 2.45) is 5.84 Å². The Hall–Kier alpha value is -2.59. The van der Waals surface area contributed by atoms with E-state index < -0.39 is 10.8 Å². The number of nitro benzene ring substituents is 1. The normalized spacial score (nSPS) is 10.1. The van der Waals surface area contributed by atoms with Gasteiger partial charge in [-0.1, -0.05) is 0 Å². The van der Waals surface area contributed by atoms with Crippen LogP contribution in [-0.2, 0) is 0 Å². The molecule has 0 fully saturated rings. The van der Waals surface area contributed by atoms with Crippen LogP contribution in [0.15, 0.2) is 18.2 Å². The van der Waals surface area contributed by atoms with Crippen molar-refractivity contribution in [1.82, 2.24) is 9.36 Å². The number of nitrogens with two attached hydrogens (primary N) is 1. The highest BCUT2D eigenvalue weighted by Crippen LogP contribution is 2.25. The maximum atomic E-state index is 12.0. The summed E-state index contributed by atoms with van der Waals surface area (Å²) in [6.07, 6.45) is 0. The molecule has 0 atom stereocenters. The molecule has 104 valence electrons. The fraction of sp³-hybridized carbons (Fsp3) is 0.100. The van der Waals surface area contributed by atoms with Crippen LogP contribution >= 0.6 is 11.5 Å². The van der Waals surface area contributed by atoms with E-state index in [9.17, 15) is 14.9 Å². The van der Waals surface area contributed by atoms with Gasteiger partial charge in [0.25, 0.3) is 11.6 Å². The molecule has 0 aliphatic carbocycles. The summed E-state index contributed by atoms with van der Waals surface area (Å²) in [4.78, 5) is 26.1. The SMILES string of the molecule is Cc1nsc(NC(=O)c2ccc([N+](=O)[O-])c(NN)c2)n1. The average molecular weight is 294 g/mol. The molecule has 0 bridgehead atoms. The number of hydrazine groups is 1. The van der Waals surface area contributed by atoms with E-state index in [-0.39, 0.29) is 16.9 Å². The van der Waals surface area contributed by atoms with Gasteiger partial charge in [-0.15, -0.1) is 0 Å². The first-order valence-electron chi connectivity index (χ1n) is 5.38. The van der Waals surface area contributed by atoms with Crippen LogP contribution in [0.2, 0.25) is 0 Å². The summed E-state index contributed by atoms with van der Waals surface area (Å²) in [6, 6.07) is 3.83. The minimum atomic E-state index is -0.592. The summed E-state index contributed by atoms with van der Waals surface area (Å²) in [6.45, 7) is 1.70. The number of nitrogens with one attached hydrogen (secondary N) is 2. The molecule has 10 heteroatoms. The zero-order valence-corrected chi connectivity index (χ0v) is 11.1. The van der Waals surface area contributed by atoms with E-state index in [1.807, 2.05) is 0 Å². The molecule has 1 aromatic carbocycles. The molecule has 0 radical (unpaired) electrons. The van der Waals surface area contributed by atoms with E-state index in [4.69, 9.17) is 5.84 Å². The van der Waals surface area contributed by atoms with E-state index in [1.54, 1.807) is 6.92 Å². The first-order chi connectivity index (χ1) is 9.51. The summed E-state index contributed by atoms with van der Waals surface area (Å²) < 4.78 is 3.93. The number of carbonyl (C=O) groups excluding carboxylic acids is 1. The van der Waals surface area contributed by atoms with Gasteiger partial charge in [0.15, 0.2) is 0 Å². The van der Waals surface area contributed by atoms with E-state index >= 15 is 0 Å². The Bertz CT molecular complexity index is 671. The number of amides is 1. The van der Waals surface area contributed by atoms with E-state index in [1.165, 1.54) is 18.2 Å². The van der Waals surface area contributed by atoms with Gasteiger partial charge in [-0.05, 0) is 19.1 Å². The van der Waals surface area contributed by atoms with Crippen LogP contribution in [0, 0.1) is 17.0 Å². The van der Waals surface area contributed by atoms with Gasteiger partial charge >= 0.3 is 0 Å². The number of benzene rings is 1. The molecule has 1 heterocycles. The van der Waals surface area contributed by atoms with E-state index in [0.29, 0.717) is 11.0 Å². The summed E-state index contributed by atoms with van der Waals surface area (Å²) in [7, 11) is 0. The molecular formula is C10H10N6O3S. The molecule has 0 saturated carbocycles. The number of hydrogen-bond donors (Lipinski definition) is 3. The summed E-state index contributed by atoms with van der Waals surface area (Å²) in [5.74, 6) is 5.31. The van der Waals surface area contributed by atoms with Crippen LogP contribution in [0.5, 0.6) is 0 Å². The van der Waals surface area contributed by atoms with Gasteiger partial charge in [0.2, 0.25) is 5.13 Å². The number of aryl methyl sites for hydroxylation is 1. The van der Waals surface area contributed by atoms with Gasteiger partial charge in [-0.2, -0.15) is 4.37 Å². The molecule has 0 unspecified atom stereocenters. The molecule has 0 aliphatic heterocycles. The number of nitrogens with zero attached hydrogens (tertiary/aromatic N) is 3. The van der Waals surface area contributed by atoms with Crippen LogP contribution in [0.25, 0.3) is 0 Å². The highest BCUT2D eigenvalue weighted by atomic mass is 32.1. The maximum absolute atomic E-state index is 12.0. The molecule has 0 aliphatic rings. The lowest BCUT2D eigenvalue weighted by Crippen LogP contribution is -2.14. The van der Waals surface area contributed by atoms with Crippen LogP contribution < -0.4 is 16.6 Å². The third-order valence-electron chi connectivity index (χ3n) is 2.36. The standard InChI is InChI=1S/C10H10N6O3S/c1-5-12-10(20-15-5)13-9(17)6-2-3-8(16(18)19)7(4-6)14-11/h2-4,14H,11H2,1H3,(H,12,13,15,17). The second kappa shape index (κ2) is 5.59. The molecule has 20 heavy (non-hydrogen) atoms. The van der Waals surface area contributed by atoms with Gasteiger partial charge in [0.05, 0.1) is 4.92 Å². The molecule has 4 N–H and O–H groups in total. The second-order valence-corrected chi connectivity index (χ2v) is 4.49. The number of anilines is 2. The quantitative estimate of drug-likeness (QED) is 0.439. The highest BCUT2D eigenvalue weighted by Gasteiger charge is 2.16. The number of rotatable bonds is 4. The fourth-order valence-corrected chi connectivity index (χ4v) is 2.04. The lowest BCUT2D eigenvalue weighted by Gasteiger charge is -2.05. The van der Waals surface area contributed by atoms with Gasteiger partial charge in [0, 0.05) is 23.2 Å². The Kier molecular flexibility index (Phi) is 3.86. The van der Waals surface area contributed by atoms with Crippen molar-refractivity contribution in [3.8, 4) is 0 Å². The molecule has 1 aromatic heterocycles. The summed E-state index contributed by atoms with van der Waals surface area (Å²) in [5.41, 5.74) is 2.25. The predicted molar refractivity (Wildman–Crippen MR) is 73.5 cm³/mol. The third-order valence-corrected chi connectivity index (χ3v) is 3.08. The van der Waals surface area contributed by atoms with Crippen LogP contribution in [0.1, 0.15) is 16.2 Å². The molecule has 2 rings (SSSR count). The van der Waals surface area contributed by atoms with Crippen molar-refractivity contribution in [2.75, 3.05) is 10.7 Å². The first-order valence-corrected chi connectivity index (χ1v) is 6.15. The monoisotopic (exact) mass is 294 g/mol. The van der Waals surface area contributed by atoms with Crippen LogP contribution in [-0.4, -0.2) is 20.2 Å². The first kappa shape index (κ1) is 13.8. The largest absolute Gasteiger partial charge is 0.318 e. The summed E-state index contributed by atoms with van der Waals surface area (Å²) >= 11 is 1.05. The van der Waals surface area contributed by atoms with E-state index in [0.717, 1.165) is 11.5 Å². The average Bonchev–Trinajstić information content (AvgIpc) is 2.83. The van der Waals surface area contributed by atoms with Crippen molar-refractivity contribution in [3.63, 3.8) is 0 Å². The number of nitrogen functional groups attached to an aromatic ring is 1. The van der Waals surface area contributed by atoms with Gasteiger partial charge < -0.3 is 5.43 Å². The zero-order valence-electron chi connectivity index (χ0n) is 10.3. The van der Waals surface area contributed by atoms with Crippen molar-refractivity contribution in [2.45, 2.75) is 6.92 Å². The fourth-order valence-electron chi connectivity index (χ4n) is 1.47. The number of nitro groups is 1. The minimum absolute atomic E-state index is 0.0519. The smallest absolute Gasteiger partial charge is 0.293 e. The lowest BCUT2D eigenvalue weighted by atomic mass is 10.1. The van der Waals surface area contributed by atoms with Crippen LogP contribution in [0.3, 0.4) is 0 Å². The van der Waals surface area contributed by atoms with E-state index in [2.05, 4.69) is 20.1 Å². The van der Waals surface area contributed by atoms with Gasteiger partial charge in [0.1, 0.15) is 11.5 Å². The Morgan fingerprint density at radius 2 is 2.25 bits per heavy atom. The van der Waals surface area contributed by atoms with Crippen molar-refractivity contribution in [1.29, 1.82) is 0 Å². The Labute approximate surface area is 117 Å². The number of carbonyl (C=O) groups is 1. The Morgan fingerprint density at radius 1 is 1.50 bits per heavy atom. The van der Waals surface area contributed by atoms with Crippen molar-refractivity contribution in [3.05, 3.63) is 39.7 Å². The Balaban J connectivity index is 2.24. The highest BCUT2D eigenvalue weighted by molar-refractivity contribution is 7.09. The summed E-state index contributed by atoms with van der Waals surface area (Å²) in [5, 5.41) is 13.6. The predicted octanol–water partition coefficient (Wildman–Crippen LogP) is 1.29. The molecule has 0 spiro atoms. The lowest BCUT2D eigenvalue weighted by molar-refractivity contribution is -0.384. The molecular weight excluding hydrogens is 284 g/mol. The zero-order chi connectivity index (χ0) is 14.7. The molecule has 9 nitrogen and oxygen atoms in total.